The van der Waals surface area contributed by atoms with E-state index < -0.39 is 18.6 Å². The van der Waals surface area contributed by atoms with Crippen molar-refractivity contribution in [2.45, 2.75) is 32.0 Å². The summed E-state index contributed by atoms with van der Waals surface area (Å²) in [6, 6.07) is 8.35. The van der Waals surface area contributed by atoms with E-state index in [1.165, 1.54) is 24.9 Å². The van der Waals surface area contributed by atoms with E-state index in [1.54, 1.807) is 7.05 Å². The molecule has 0 bridgehead atoms. The molecule has 30 heavy (non-hydrogen) atoms. The van der Waals surface area contributed by atoms with Crippen LogP contribution in [0.4, 0.5) is 18.9 Å². The molecule has 1 saturated heterocycles. The number of alkyl halides is 3. The third-order valence-corrected chi connectivity index (χ3v) is 4.89. The van der Waals surface area contributed by atoms with Crippen LogP contribution >= 0.6 is 24.0 Å². The van der Waals surface area contributed by atoms with Gasteiger partial charge in [0, 0.05) is 46.5 Å². The Morgan fingerprint density at radius 1 is 1.10 bits per heavy atom. The fourth-order valence-corrected chi connectivity index (χ4v) is 3.34. The number of amides is 1. The molecule has 170 valence electrons. The topological polar surface area (TPSA) is 51.2 Å². The summed E-state index contributed by atoms with van der Waals surface area (Å²) < 4.78 is 37.2. The number of nitrogens with zero attached hydrogens (tertiary/aromatic N) is 4. The first-order valence-corrected chi connectivity index (χ1v) is 9.76. The molecule has 1 heterocycles. The number of piperidine rings is 1. The van der Waals surface area contributed by atoms with Crippen molar-refractivity contribution < 1.29 is 18.0 Å². The van der Waals surface area contributed by atoms with E-state index in [1.807, 2.05) is 11.9 Å². The minimum absolute atomic E-state index is 0. The van der Waals surface area contributed by atoms with Gasteiger partial charge in [-0.2, -0.15) is 13.2 Å². The second kappa shape index (κ2) is 12.2. The van der Waals surface area contributed by atoms with Crippen LogP contribution in [0.25, 0.3) is 0 Å². The van der Waals surface area contributed by atoms with Gasteiger partial charge in [0.1, 0.15) is 6.54 Å². The van der Waals surface area contributed by atoms with Crippen LogP contribution in [-0.2, 0) is 11.3 Å². The van der Waals surface area contributed by atoms with Gasteiger partial charge in [-0.3, -0.25) is 9.79 Å². The Labute approximate surface area is 193 Å². The fourth-order valence-electron chi connectivity index (χ4n) is 3.34. The molecule has 1 amide bonds. The number of carbonyl (C=O) groups excluding carboxylic acids is 1. The number of guanidine groups is 1. The SMILES string of the molecule is CN=C(NCC(=O)N(C)CC(F)(F)F)N(C)Cc1ccc(N2CCCCC2)cc1.I. The van der Waals surface area contributed by atoms with Gasteiger partial charge in [0.25, 0.3) is 0 Å². The van der Waals surface area contributed by atoms with Crippen LogP contribution in [-0.4, -0.2) is 75.2 Å². The molecule has 1 aromatic carbocycles. The zero-order valence-corrected chi connectivity index (χ0v) is 20.0. The number of nitrogens with one attached hydrogen (secondary N) is 1. The van der Waals surface area contributed by atoms with E-state index in [-0.39, 0.29) is 30.5 Å². The molecule has 0 aliphatic carbocycles. The largest absolute Gasteiger partial charge is 0.406 e. The molecule has 2 rings (SSSR count). The molecular weight excluding hydrogens is 510 g/mol. The second-order valence-electron chi connectivity index (χ2n) is 7.34. The Morgan fingerprint density at radius 3 is 2.23 bits per heavy atom. The van der Waals surface area contributed by atoms with Crippen molar-refractivity contribution in [1.82, 2.24) is 15.1 Å². The number of aliphatic imine (C=N–C) groups is 1. The fraction of sp³-hybridized carbons (Fsp3) is 0.600. The molecule has 0 aromatic heterocycles. The molecule has 6 nitrogen and oxygen atoms in total. The van der Waals surface area contributed by atoms with E-state index in [9.17, 15) is 18.0 Å². The highest BCUT2D eigenvalue weighted by Gasteiger charge is 2.31. The zero-order chi connectivity index (χ0) is 21.4. The molecule has 0 radical (unpaired) electrons. The predicted molar refractivity (Wildman–Crippen MR) is 124 cm³/mol. The summed E-state index contributed by atoms with van der Waals surface area (Å²) in [4.78, 5) is 20.9. The third kappa shape index (κ3) is 8.57. The first-order valence-electron chi connectivity index (χ1n) is 9.76. The minimum atomic E-state index is -4.41. The van der Waals surface area contributed by atoms with Crippen LogP contribution in [0.15, 0.2) is 29.3 Å². The number of halogens is 4. The van der Waals surface area contributed by atoms with Crippen molar-refractivity contribution in [3.05, 3.63) is 29.8 Å². The molecule has 1 fully saturated rings. The van der Waals surface area contributed by atoms with Gasteiger partial charge in [0.05, 0.1) is 6.54 Å². The number of benzene rings is 1. The van der Waals surface area contributed by atoms with Crippen molar-refractivity contribution in [2.75, 3.05) is 52.2 Å². The van der Waals surface area contributed by atoms with E-state index >= 15 is 0 Å². The monoisotopic (exact) mass is 541 g/mol. The van der Waals surface area contributed by atoms with Crippen molar-refractivity contribution in [1.29, 1.82) is 0 Å². The molecule has 0 saturated carbocycles. The lowest BCUT2D eigenvalue weighted by atomic mass is 10.1. The molecule has 1 aliphatic heterocycles. The van der Waals surface area contributed by atoms with Gasteiger partial charge in [-0.05, 0) is 37.0 Å². The second-order valence-corrected chi connectivity index (χ2v) is 7.34. The number of rotatable bonds is 6. The van der Waals surface area contributed by atoms with E-state index in [0.29, 0.717) is 17.4 Å². The van der Waals surface area contributed by atoms with Crippen LogP contribution in [0.2, 0.25) is 0 Å². The maximum Gasteiger partial charge on any atom is 0.406 e. The van der Waals surface area contributed by atoms with E-state index in [2.05, 4.69) is 39.5 Å². The summed E-state index contributed by atoms with van der Waals surface area (Å²) in [5, 5.41) is 2.83. The summed E-state index contributed by atoms with van der Waals surface area (Å²) in [6.45, 7) is 1.22. The number of anilines is 1. The molecule has 0 atom stereocenters. The van der Waals surface area contributed by atoms with Gasteiger partial charge < -0.3 is 20.0 Å². The van der Waals surface area contributed by atoms with Gasteiger partial charge in [-0.15, -0.1) is 24.0 Å². The van der Waals surface area contributed by atoms with Crippen LogP contribution < -0.4 is 10.2 Å². The first kappa shape index (κ1) is 26.3. The Balaban J connectivity index is 0.00000450. The average molecular weight is 541 g/mol. The first-order chi connectivity index (χ1) is 13.7. The van der Waals surface area contributed by atoms with Gasteiger partial charge >= 0.3 is 6.18 Å². The highest BCUT2D eigenvalue weighted by atomic mass is 127. The molecule has 0 spiro atoms. The number of carbonyl (C=O) groups is 1. The van der Waals surface area contributed by atoms with Gasteiger partial charge in [0.2, 0.25) is 5.91 Å². The lowest BCUT2D eigenvalue weighted by Crippen LogP contribution is -2.45. The molecule has 1 aliphatic rings. The summed E-state index contributed by atoms with van der Waals surface area (Å²) in [5.74, 6) is -0.207. The Morgan fingerprint density at radius 2 is 1.70 bits per heavy atom. The standard InChI is InChI=1S/C20H30F3N5O.HI/c1-24-19(25-13-18(29)27(3)15-20(21,22)23)26(2)14-16-7-9-17(10-8-16)28-11-5-4-6-12-28;/h7-10H,4-6,11-15H2,1-3H3,(H,24,25);1H. The zero-order valence-electron chi connectivity index (χ0n) is 17.7. The van der Waals surface area contributed by atoms with Crippen LogP contribution in [0.1, 0.15) is 24.8 Å². The van der Waals surface area contributed by atoms with Gasteiger partial charge in [0.15, 0.2) is 5.96 Å². The third-order valence-electron chi connectivity index (χ3n) is 4.89. The number of hydrogen-bond acceptors (Lipinski definition) is 3. The maximum atomic E-state index is 12.4. The van der Waals surface area contributed by atoms with Crippen molar-refractivity contribution in [2.24, 2.45) is 4.99 Å². The molecule has 1 N–H and O–H groups in total. The maximum absolute atomic E-state index is 12.4. The van der Waals surface area contributed by atoms with Crippen LogP contribution in [0, 0.1) is 0 Å². The van der Waals surface area contributed by atoms with Crippen LogP contribution in [0.5, 0.6) is 0 Å². The molecule has 0 unspecified atom stereocenters. The molecule has 1 aromatic rings. The number of hydrogen-bond donors (Lipinski definition) is 1. The quantitative estimate of drug-likeness (QED) is 0.341. The summed E-state index contributed by atoms with van der Waals surface area (Å²) in [5.41, 5.74) is 2.30. The van der Waals surface area contributed by atoms with Gasteiger partial charge in [-0.25, -0.2) is 0 Å². The van der Waals surface area contributed by atoms with E-state index in [4.69, 9.17) is 0 Å². The minimum Gasteiger partial charge on any atom is -0.372 e. The van der Waals surface area contributed by atoms with Crippen LogP contribution in [0.3, 0.4) is 0 Å². The average Bonchev–Trinajstić information content (AvgIpc) is 2.68. The Hall–Kier alpha value is -1.72. The normalized spacial score (nSPS) is 14.7. The van der Waals surface area contributed by atoms with Crippen molar-refractivity contribution >= 4 is 41.5 Å². The highest BCUT2D eigenvalue weighted by Crippen LogP contribution is 2.20. The smallest absolute Gasteiger partial charge is 0.372 e. The Bertz CT molecular complexity index is 691. The lowest BCUT2D eigenvalue weighted by molar-refractivity contribution is -0.157. The van der Waals surface area contributed by atoms with Crippen molar-refractivity contribution in [3.63, 3.8) is 0 Å². The highest BCUT2D eigenvalue weighted by molar-refractivity contribution is 14.0. The van der Waals surface area contributed by atoms with E-state index in [0.717, 1.165) is 25.7 Å². The Kier molecular flexibility index (Phi) is 10.7. The summed E-state index contributed by atoms with van der Waals surface area (Å²) in [7, 11) is 4.52. The summed E-state index contributed by atoms with van der Waals surface area (Å²) >= 11 is 0. The summed E-state index contributed by atoms with van der Waals surface area (Å²) in [6.07, 6.45) is -0.671. The predicted octanol–water partition coefficient (Wildman–Crippen LogP) is 3.32. The molecular formula is C20H31F3IN5O. The van der Waals surface area contributed by atoms with Gasteiger partial charge in [-0.1, -0.05) is 12.1 Å². The van der Waals surface area contributed by atoms with Crippen molar-refractivity contribution in [3.8, 4) is 0 Å². The number of likely N-dealkylation sites (N-methyl/N-ethyl adjacent to an activating group) is 1. The molecule has 10 heteroatoms. The lowest BCUT2D eigenvalue weighted by Gasteiger charge is -2.29.